The van der Waals surface area contributed by atoms with Crippen molar-refractivity contribution in [3.8, 4) is 0 Å². The van der Waals surface area contributed by atoms with Crippen LogP contribution in [0.25, 0.3) is 0 Å². The summed E-state index contributed by atoms with van der Waals surface area (Å²) in [4.78, 5) is 47.2. The molecule has 1 aliphatic rings. The summed E-state index contributed by atoms with van der Waals surface area (Å²) in [5.74, 6) is -1.11. The smallest absolute Gasteiger partial charge is 0.282 e. The highest BCUT2D eigenvalue weighted by atomic mass is 32.2. The molecule has 2 rings (SSSR count). The molecule has 22 heavy (non-hydrogen) atoms. The van der Waals surface area contributed by atoms with Crippen LogP contribution in [0.15, 0.2) is 6.20 Å². The summed E-state index contributed by atoms with van der Waals surface area (Å²) in [5, 5.41) is 10.7. The standard InChI is InChI=1S/C11H14N6O4S/c12-7(18)4-13-10(20)9-6(3-14-16-9)15-8(19)5-17-1-2-22-11(17)21/h3H,1-2,4-5H2,(H2,12,18)(H,13,20)(H,14,16)(H,15,19). The third-order valence-corrected chi connectivity index (χ3v) is 3.63. The summed E-state index contributed by atoms with van der Waals surface area (Å²) in [7, 11) is 0. The summed E-state index contributed by atoms with van der Waals surface area (Å²) < 4.78 is 0. The van der Waals surface area contributed by atoms with Crippen molar-refractivity contribution in [2.24, 2.45) is 5.73 Å². The molecule has 1 aromatic rings. The van der Waals surface area contributed by atoms with Crippen LogP contribution in [0.3, 0.4) is 0 Å². The van der Waals surface area contributed by atoms with Crippen molar-refractivity contribution in [2.75, 3.05) is 30.7 Å². The molecular formula is C11H14N6O4S. The second kappa shape index (κ2) is 6.93. The Labute approximate surface area is 129 Å². The maximum Gasteiger partial charge on any atom is 0.282 e. The van der Waals surface area contributed by atoms with E-state index in [1.165, 1.54) is 11.1 Å². The van der Waals surface area contributed by atoms with E-state index in [0.29, 0.717) is 12.3 Å². The number of aromatic nitrogens is 2. The Hall–Kier alpha value is -2.56. The number of aromatic amines is 1. The number of H-pyrrole nitrogens is 1. The Balaban J connectivity index is 1.94. The molecule has 2 heterocycles. The quantitative estimate of drug-likeness (QED) is 0.512. The van der Waals surface area contributed by atoms with Crippen LogP contribution in [-0.4, -0.2) is 63.4 Å². The number of nitrogens with zero attached hydrogens (tertiary/aromatic N) is 2. The van der Waals surface area contributed by atoms with Crippen LogP contribution in [0.1, 0.15) is 10.5 Å². The van der Waals surface area contributed by atoms with Gasteiger partial charge in [0, 0.05) is 12.3 Å². The molecule has 1 aliphatic heterocycles. The molecular weight excluding hydrogens is 312 g/mol. The Morgan fingerprint density at radius 1 is 1.45 bits per heavy atom. The summed E-state index contributed by atoms with van der Waals surface area (Å²) in [6.07, 6.45) is 1.26. The van der Waals surface area contributed by atoms with Crippen molar-refractivity contribution in [1.82, 2.24) is 20.4 Å². The molecule has 1 saturated heterocycles. The number of amides is 4. The Morgan fingerprint density at radius 2 is 2.23 bits per heavy atom. The molecule has 0 saturated carbocycles. The molecule has 0 radical (unpaired) electrons. The fraction of sp³-hybridized carbons (Fsp3) is 0.364. The van der Waals surface area contributed by atoms with Crippen molar-refractivity contribution in [2.45, 2.75) is 0 Å². The van der Waals surface area contributed by atoms with E-state index in [4.69, 9.17) is 5.73 Å². The van der Waals surface area contributed by atoms with Crippen molar-refractivity contribution < 1.29 is 19.2 Å². The number of hydrogen-bond acceptors (Lipinski definition) is 6. The average Bonchev–Trinajstić information content (AvgIpc) is 3.06. The van der Waals surface area contributed by atoms with Gasteiger partial charge in [0.25, 0.3) is 11.1 Å². The van der Waals surface area contributed by atoms with Gasteiger partial charge in [0.15, 0.2) is 0 Å². The predicted octanol–water partition coefficient (Wildman–Crippen LogP) is -1.27. The number of primary amides is 1. The summed E-state index contributed by atoms with van der Waals surface area (Å²) in [6.45, 7) is 0.0817. The van der Waals surface area contributed by atoms with Gasteiger partial charge in [-0.25, -0.2) is 0 Å². The molecule has 1 fully saturated rings. The van der Waals surface area contributed by atoms with Gasteiger partial charge >= 0.3 is 0 Å². The minimum Gasteiger partial charge on any atom is -0.368 e. The number of nitrogens with two attached hydrogens (primary N) is 1. The van der Waals surface area contributed by atoms with Gasteiger partial charge in [-0.3, -0.25) is 24.3 Å². The van der Waals surface area contributed by atoms with Crippen LogP contribution < -0.4 is 16.4 Å². The monoisotopic (exact) mass is 326 g/mol. The van der Waals surface area contributed by atoms with Gasteiger partial charge < -0.3 is 21.3 Å². The Bertz CT molecular complexity index is 615. The van der Waals surface area contributed by atoms with Gasteiger partial charge in [-0.2, -0.15) is 5.10 Å². The van der Waals surface area contributed by atoms with Crippen LogP contribution in [-0.2, 0) is 9.59 Å². The zero-order valence-electron chi connectivity index (χ0n) is 11.4. The lowest BCUT2D eigenvalue weighted by atomic mass is 10.3. The number of nitrogens with one attached hydrogen (secondary N) is 3. The minimum absolute atomic E-state index is 0.00303. The summed E-state index contributed by atoms with van der Waals surface area (Å²) in [5.41, 5.74) is 5.08. The van der Waals surface area contributed by atoms with Crippen LogP contribution in [0, 0.1) is 0 Å². The predicted molar refractivity (Wildman–Crippen MR) is 78.2 cm³/mol. The molecule has 0 bridgehead atoms. The lowest BCUT2D eigenvalue weighted by molar-refractivity contribution is -0.117. The van der Waals surface area contributed by atoms with Gasteiger partial charge in [0.2, 0.25) is 11.8 Å². The fourth-order valence-electron chi connectivity index (χ4n) is 1.74. The molecule has 0 unspecified atom stereocenters. The topological polar surface area (TPSA) is 150 Å². The van der Waals surface area contributed by atoms with Gasteiger partial charge in [-0.1, -0.05) is 11.8 Å². The second-order valence-electron chi connectivity index (χ2n) is 4.39. The van der Waals surface area contributed by atoms with E-state index in [0.717, 1.165) is 11.8 Å². The zero-order valence-corrected chi connectivity index (χ0v) is 12.2. The lowest BCUT2D eigenvalue weighted by Gasteiger charge is -2.13. The number of anilines is 1. The Morgan fingerprint density at radius 3 is 2.86 bits per heavy atom. The van der Waals surface area contributed by atoms with Crippen LogP contribution in [0.4, 0.5) is 10.5 Å². The molecule has 0 aliphatic carbocycles. The molecule has 0 atom stereocenters. The molecule has 0 aromatic carbocycles. The third-order valence-electron chi connectivity index (χ3n) is 2.74. The minimum atomic E-state index is -0.691. The number of carbonyl (C=O) groups excluding carboxylic acids is 4. The number of rotatable bonds is 6. The van der Waals surface area contributed by atoms with Gasteiger partial charge in [-0.15, -0.1) is 0 Å². The zero-order chi connectivity index (χ0) is 16.1. The number of carbonyl (C=O) groups is 4. The molecule has 1 aromatic heterocycles. The van der Waals surface area contributed by atoms with Crippen molar-refractivity contribution >= 4 is 40.4 Å². The molecule has 10 nitrogen and oxygen atoms in total. The molecule has 5 N–H and O–H groups in total. The number of hydrogen-bond donors (Lipinski definition) is 4. The highest BCUT2D eigenvalue weighted by Crippen LogP contribution is 2.17. The van der Waals surface area contributed by atoms with Crippen LogP contribution >= 0.6 is 11.8 Å². The number of thioether (sulfide) groups is 1. The van der Waals surface area contributed by atoms with Crippen LogP contribution in [0.2, 0.25) is 0 Å². The summed E-state index contributed by atoms with van der Waals surface area (Å²) in [6, 6.07) is 0. The maximum absolute atomic E-state index is 11.9. The van der Waals surface area contributed by atoms with E-state index in [1.54, 1.807) is 0 Å². The fourth-order valence-corrected chi connectivity index (χ4v) is 2.57. The van der Waals surface area contributed by atoms with Gasteiger partial charge in [-0.05, 0) is 0 Å². The van der Waals surface area contributed by atoms with Gasteiger partial charge in [0.05, 0.1) is 18.4 Å². The maximum atomic E-state index is 11.9. The van der Waals surface area contributed by atoms with E-state index in [2.05, 4.69) is 20.8 Å². The SMILES string of the molecule is NC(=O)CNC(=O)c1[nH]ncc1NC(=O)CN1CCSC1=O. The highest BCUT2D eigenvalue weighted by molar-refractivity contribution is 8.13. The summed E-state index contributed by atoms with van der Waals surface area (Å²) >= 11 is 1.15. The highest BCUT2D eigenvalue weighted by Gasteiger charge is 2.24. The first-order chi connectivity index (χ1) is 10.5. The Kier molecular flexibility index (Phi) is 4.99. The lowest BCUT2D eigenvalue weighted by Crippen LogP contribution is -2.35. The van der Waals surface area contributed by atoms with Crippen molar-refractivity contribution in [3.05, 3.63) is 11.9 Å². The molecule has 118 valence electrons. The first-order valence-corrected chi connectivity index (χ1v) is 7.27. The van der Waals surface area contributed by atoms with Crippen LogP contribution in [0.5, 0.6) is 0 Å². The molecule has 0 spiro atoms. The van der Waals surface area contributed by atoms with Gasteiger partial charge in [0.1, 0.15) is 12.2 Å². The van der Waals surface area contributed by atoms with Crippen molar-refractivity contribution in [3.63, 3.8) is 0 Å². The molecule has 4 amide bonds. The molecule has 11 heteroatoms. The van der Waals surface area contributed by atoms with E-state index in [1.807, 2.05) is 0 Å². The second-order valence-corrected chi connectivity index (χ2v) is 5.44. The van der Waals surface area contributed by atoms with E-state index in [-0.39, 0.29) is 29.7 Å². The third kappa shape index (κ3) is 3.97. The van der Waals surface area contributed by atoms with Crippen molar-refractivity contribution in [1.29, 1.82) is 0 Å². The first kappa shape index (κ1) is 15.8. The first-order valence-electron chi connectivity index (χ1n) is 6.29. The van der Waals surface area contributed by atoms with E-state index >= 15 is 0 Å². The normalized spacial score (nSPS) is 14.0. The average molecular weight is 326 g/mol. The van der Waals surface area contributed by atoms with E-state index in [9.17, 15) is 19.2 Å². The van der Waals surface area contributed by atoms with E-state index < -0.39 is 17.7 Å². The largest absolute Gasteiger partial charge is 0.368 e.